The summed E-state index contributed by atoms with van der Waals surface area (Å²) < 4.78 is 87.2. The van der Waals surface area contributed by atoms with Crippen molar-refractivity contribution in [2.24, 2.45) is 0 Å². The van der Waals surface area contributed by atoms with Crippen molar-refractivity contribution in [1.29, 1.82) is 0 Å². The number of carbonyl (C=O) groups is 1. The standard InChI is InChI=1S/C13H10Cl2F3N3O2.C11H7Cl2F3N2O/c1-6-3-10(20-21(6)12(22)19-2)23-11-8(14)4-7(5-9(11)15)13(16,17)18;1-5-2-9(18-17-5)19-10-7(12)3-6(4-8(10)13)11(14,15)16/h3-5H,1-2H3,(H,19,22);2-4H,1H3,(H,17,18). The van der Waals surface area contributed by atoms with Gasteiger partial charge in [-0.15, -0.1) is 10.2 Å². The van der Waals surface area contributed by atoms with E-state index in [2.05, 4.69) is 20.6 Å². The molecule has 2 aromatic heterocycles. The lowest BCUT2D eigenvalue weighted by atomic mass is 10.2. The van der Waals surface area contributed by atoms with Gasteiger partial charge < -0.3 is 14.8 Å². The summed E-state index contributed by atoms with van der Waals surface area (Å²) >= 11 is 23.1. The molecule has 0 aliphatic carbocycles. The zero-order valence-electron chi connectivity index (χ0n) is 21.3. The molecule has 0 aliphatic heterocycles. The fourth-order valence-electron chi connectivity index (χ4n) is 3.10. The number of aromatic amines is 1. The number of rotatable bonds is 4. The largest absolute Gasteiger partial charge is 0.434 e. The first-order valence-electron chi connectivity index (χ1n) is 11.2. The smallest absolute Gasteiger partial charge is 0.416 e. The fraction of sp³-hybridized carbons (Fsp3) is 0.208. The average Bonchev–Trinajstić information content (AvgIpc) is 3.46. The maximum Gasteiger partial charge on any atom is 0.416 e. The van der Waals surface area contributed by atoms with Crippen molar-refractivity contribution in [3.8, 4) is 23.3 Å². The van der Waals surface area contributed by atoms with Crippen molar-refractivity contribution in [3.63, 3.8) is 0 Å². The van der Waals surface area contributed by atoms with E-state index in [0.717, 1.165) is 22.5 Å². The number of H-pyrrole nitrogens is 1. The van der Waals surface area contributed by atoms with E-state index in [0.29, 0.717) is 17.8 Å². The Morgan fingerprint density at radius 3 is 1.57 bits per heavy atom. The van der Waals surface area contributed by atoms with Crippen molar-refractivity contribution >= 4 is 52.4 Å². The molecule has 0 radical (unpaired) electrons. The van der Waals surface area contributed by atoms with Gasteiger partial charge in [0.25, 0.3) is 0 Å². The highest BCUT2D eigenvalue weighted by Gasteiger charge is 2.33. The topological polar surface area (TPSA) is 94.1 Å². The van der Waals surface area contributed by atoms with Gasteiger partial charge in [-0.05, 0) is 38.1 Å². The molecule has 2 aromatic carbocycles. The van der Waals surface area contributed by atoms with Crippen LogP contribution in [0.15, 0.2) is 36.4 Å². The SMILES string of the molecule is CNC(=O)n1nc(Oc2c(Cl)cc(C(F)(F)F)cc2Cl)cc1C.Cc1cc(Oc2c(Cl)cc(C(F)(F)F)cc2Cl)n[nH]1. The van der Waals surface area contributed by atoms with Crippen LogP contribution in [0.5, 0.6) is 23.3 Å². The van der Waals surface area contributed by atoms with E-state index < -0.39 is 29.5 Å². The molecule has 8 nitrogen and oxygen atoms in total. The Balaban J connectivity index is 0.000000235. The van der Waals surface area contributed by atoms with Crippen LogP contribution in [-0.2, 0) is 12.4 Å². The minimum absolute atomic E-state index is 0.0327. The predicted molar refractivity (Wildman–Crippen MR) is 143 cm³/mol. The van der Waals surface area contributed by atoms with Gasteiger partial charge in [0.1, 0.15) is 0 Å². The Bertz CT molecular complexity index is 1560. The number of hydrogen-bond acceptors (Lipinski definition) is 5. The van der Waals surface area contributed by atoms with Crippen LogP contribution in [0.1, 0.15) is 22.5 Å². The third-order valence-electron chi connectivity index (χ3n) is 5.02. The van der Waals surface area contributed by atoms with E-state index >= 15 is 0 Å². The maximum atomic E-state index is 12.7. The van der Waals surface area contributed by atoms with Crippen LogP contribution in [0.4, 0.5) is 31.1 Å². The van der Waals surface area contributed by atoms with Gasteiger partial charge in [0.15, 0.2) is 11.5 Å². The highest BCUT2D eigenvalue weighted by molar-refractivity contribution is 6.37. The van der Waals surface area contributed by atoms with Crippen molar-refractivity contribution in [2.75, 3.05) is 7.05 Å². The summed E-state index contributed by atoms with van der Waals surface area (Å²) in [6, 6.07) is 5.38. The van der Waals surface area contributed by atoms with Crippen LogP contribution in [0.3, 0.4) is 0 Å². The van der Waals surface area contributed by atoms with E-state index in [1.807, 2.05) is 0 Å². The van der Waals surface area contributed by atoms with E-state index in [-0.39, 0.29) is 43.3 Å². The molecule has 4 aromatic rings. The maximum absolute atomic E-state index is 12.7. The van der Waals surface area contributed by atoms with Crippen LogP contribution < -0.4 is 14.8 Å². The van der Waals surface area contributed by atoms with Crippen molar-refractivity contribution in [3.05, 3.63) is 79.0 Å². The number of carbonyl (C=O) groups excluding carboxylic acids is 1. The zero-order chi connectivity index (χ0) is 31.6. The molecule has 0 bridgehead atoms. The minimum Gasteiger partial charge on any atom is -0.434 e. The molecule has 1 amide bonds. The number of ether oxygens (including phenoxy) is 2. The van der Waals surface area contributed by atoms with Gasteiger partial charge in [-0.2, -0.15) is 31.0 Å². The first kappa shape index (κ1) is 33.2. The predicted octanol–water partition coefficient (Wildman–Crippen LogP) is 9.33. The van der Waals surface area contributed by atoms with Crippen LogP contribution in [0.2, 0.25) is 20.1 Å². The Morgan fingerprint density at radius 1 is 0.786 bits per heavy atom. The van der Waals surface area contributed by atoms with Crippen molar-refractivity contribution in [1.82, 2.24) is 25.3 Å². The molecule has 0 fully saturated rings. The van der Waals surface area contributed by atoms with Crippen LogP contribution in [-0.4, -0.2) is 33.1 Å². The van der Waals surface area contributed by atoms with Gasteiger partial charge in [-0.25, -0.2) is 4.79 Å². The van der Waals surface area contributed by atoms with Crippen LogP contribution in [0.25, 0.3) is 0 Å². The molecule has 4 rings (SSSR count). The number of benzene rings is 2. The van der Waals surface area contributed by atoms with Gasteiger partial charge >= 0.3 is 18.4 Å². The first-order chi connectivity index (χ1) is 19.4. The molecule has 0 unspecified atom stereocenters. The number of aryl methyl sites for hydroxylation is 2. The number of halogens is 10. The summed E-state index contributed by atoms with van der Waals surface area (Å²) in [7, 11) is 1.42. The summed E-state index contributed by atoms with van der Waals surface area (Å²) in [5.41, 5.74) is -0.743. The van der Waals surface area contributed by atoms with Gasteiger partial charge in [0.2, 0.25) is 11.8 Å². The van der Waals surface area contributed by atoms with Gasteiger partial charge in [-0.1, -0.05) is 46.4 Å². The number of nitrogens with one attached hydrogen (secondary N) is 2. The number of hydrogen-bond donors (Lipinski definition) is 2. The summed E-state index contributed by atoms with van der Waals surface area (Å²) in [6.45, 7) is 3.35. The van der Waals surface area contributed by atoms with Crippen LogP contribution in [0, 0.1) is 13.8 Å². The molecule has 0 spiro atoms. The van der Waals surface area contributed by atoms with Gasteiger partial charge in [0.05, 0.1) is 36.9 Å². The number of amides is 1. The molecule has 0 saturated heterocycles. The molecule has 0 saturated carbocycles. The molecule has 42 heavy (non-hydrogen) atoms. The lowest BCUT2D eigenvalue weighted by Crippen LogP contribution is -2.26. The van der Waals surface area contributed by atoms with Gasteiger partial charge in [0, 0.05) is 24.9 Å². The second-order valence-corrected chi connectivity index (χ2v) is 9.85. The Hall–Kier alpha value is -3.33. The summed E-state index contributed by atoms with van der Waals surface area (Å²) in [5, 5.41) is 11.5. The molecule has 0 aliphatic rings. The molecule has 226 valence electrons. The molecule has 2 heterocycles. The van der Waals surface area contributed by atoms with E-state index in [9.17, 15) is 31.1 Å². The number of aromatic nitrogens is 4. The number of alkyl halides is 6. The fourth-order valence-corrected chi connectivity index (χ4v) is 4.23. The second kappa shape index (κ2) is 12.9. The van der Waals surface area contributed by atoms with Gasteiger partial charge in [-0.3, -0.25) is 5.10 Å². The van der Waals surface area contributed by atoms with Crippen LogP contribution >= 0.6 is 46.4 Å². The molecule has 2 N–H and O–H groups in total. The first-order valence-corrected chi connectivity index (χ1v) is 12.7. The molecular weight excluding hydrogens is 662 g/mol. The molecule has 18 heteroatoms. The lowest BCUT2D eigenvalue weighted by molar-refractivity contribution is -0.138. The quantitative estimate of drug-likeness (QED) is 0.210. The normalized spacial score (nSPS) is 11.5. The van der Waals surface area contributed by atoms with Crippen molar-refractivity contribution < 1.29 is 40.6 Å². The third-order valence-corrected chi connectivity index (χ3v) is 6.14. The Morgan fingerprint density at radius 2 is 1.21 bits per heavy atom. The summed E-state index contributed by atoms with van der Waals surface area (Å²) in [6.07, 6.45) is -9.10. The lowest BCUT2D eigenvalue weighted by Gasteiger charge is -2.11. The molecular formula is C24H17Cl4F6N5O3. The monoisotopic (exact) mass is 677 g/mol. The van der Waals surface area contributed by atoms with E-state index in [1.54, 1.807) is 19.9 Å². The highest BCUT2D eigenvalue weighted by Crippen LogP contribution is 2.42. The number of nitrogens with zero attached hydrogens (tertiary/aromatic N) is 3. The summed E-state index contributed by atoms with van der Waals surface area (Å²) in [5.74, 6) is -0.110. The third kappa shape index (κ3) is 8.15. The van der Waals surface area contributed by atoms with E-state index in [1.165, 1.54) is 13.1 Å². The van der Waals surface area contributed by atoms with Crippen molar-refractivity contribution in [2.45, 2.75) is 26.2 Å². The second-order valence-electron chi connectivity index (χ2n) is 8.22. The average molecular weight is 679 g/mol. The molecule has 0 atom stereocenters. The Labute approximate surface area is 253 Å². The zero-order valence-corrected chi connectivity index (χ0v) is 24.3. The van der Waals surface area contributed by atoms with E-state index in [4.69, 9.17) is 55.9 Å². The summed E-state index contributed by atoms with van der Waals surface area (Å²) in [4.78, 5) is 11.5. The Kier molecular flexibility index (Phi) is 10.2. The minimum atomic E-state index is -4.58. The highest BCUT2D eigenvalue weighted by atomic mass is 35.5.